The molecule has 1 atom stereocenters. The van der Waals surface area contributed by atoms with Crippen molar-refractivity contribution in [2.75, 3.05) is 6.79 Å². The fourth-order valence-corrected chi connectivity index (χ4v) is 1.72. The summed E-state index contributed by atoms with van der Waals surface area (Å²) < 4.78 is 16.0. The van der Waals surface area contributed by atoms with Gasteiger partial charge in [0.2, 0.25) is 18.3 Å². The maximum absolute atomic E-state index is 5.45. The highest BCUT2D eigenvalue weighted by molar-refractivity contribution is 5.44. The lowest BCUT2D eigenvalue weighted by Gasteiger charge is -2.08. The zero-order valence-corrected chi connectivity index (χ0v) is 8.71. The average molecular weight is 196 g/mol. The molecule has 0 amide bonds. The van der Waals surface area contributed by atoms with Crippen LogP contribution in [0.1, 0.15) is 44.8 Å². The lowest BCUT2D eigenvalue weighted by atomic mass is 10.0. The molecule has 1 aliphatic rings. The second kappa shape index (κ2) is 3.95. The number of hydrogen-bond donors (Lipinski definition) is 0. The van der Waals surface area contributed by atoms with Crippen molar-refractivity contribution >= 4 is 0 Å². The average Bonchev–Trinajstić information content (AvgIpc) is 2.74. The second-order valence-electron chi connectivity index (χ2n) is 3.74. The number of ether oxygens (including phenoxy) is 2. The Kier molecular flexibility index (Phi) is 2.66. The van der Waals surface area contributed by atoms with Gasteiger partial charge in [0.05, 0.1) is 0 Å². The van der Waals surface area contributed by atoms with Crippen molar-refractivity contribution in [2.24, 2.45) is 0 Å². The molecule has 0 saturated heterocycles. The van der Waals surface area contributed by atoms with Gasteiger partial charge in [0.1, 0.15) is 6.26 Å². The molecule has 0 saturated carbocycles. The van der Waals surface area contributed by atoms with Gasteiger partial charge in [-0.3, -0.25) is 0 Å². The van der Waals surface area contributed by atoms with E-state index in [2.05, 4.69) is 13.8 Å². The molecule has 0 N–H and O–H groups in total. The van der Waals surface area contributed by atoms with Gasteiger partial charge in [0.15, 0.2) is 5.76 Å². The molecule has 3 nitrogen and oxygen atoms in total. The minimum absolute atomic E-state index is 0.328. The number of furan rings is 1. The predicted octanol–water partition coefficient (Wildman–Crippen LogP) is 3.30. The molecule has 1 aromatic rings. The molecular formula is C11H16O3. The minimum atomic E-state index is 0.328. The minimum Gasteiger partial charge on any atom is -0.461 e. The smallest absolute Gasteiger partial charge is 0.231 e. The Hall–Kier alpha value is -1.12. The summed E-state index contributed by atoms with van der Waals surface area (Å²) >= 11 is 0. The third-order valence-corrected chi connectivity index (χ3v) is 2.60. The van der Waals surface area contributed by atoms with Crippen LogP contribution in [0.3, 0.4) is 0 Å². The zero-order valence-electron chi connectivity index (χ0n) is 8.71. The highest BCUT2D eigenvalue weighted by atomic mass is 16.7. The van der Waals surface area contributed by atoms with E-state index >= 15 is 0 Å². The van der Waals surface area contributed by atoms with E-state index in [1.807, 2.05) is 0 Å². The molecule has 2 rings (SSSR count). The molecule has 1 aliphatic heterocycles. The predicted molar refractivity (Wildman–Crippen MR) is 52.8 cm³/mol. The van der Waals surface area contributed by atoms with E-state index in [1.165, 1.54) is 12.8 Å². The van der Waals surface area contributed by atoms with Crippen LogP contribution in [0.2, 0.25) is 0 Å². The van der Waals surface area contributed by atoms with Crippen molar-refractivity contribution in [3.05, 3.63) is 12.0 Å². The Bertz CT molecular complexity index is 303. The van der Waals surface area contributed by atoms with Crippen molar-refractivity contribution in [1.82, 2.24) is 0 Å². The van der Waals surface area contributed by atoms with E-state index in [-0.39, 0.29) is 0 Å². The van der Waals surface area contributed by atoms with Gasteiger partial charge in [-0.05, 0) is 6.42 Å². The van der Waals surface area contributed by atoms with Crippen LogP contribution in [0, 0.1) is 0 Å². The second-order valence-corrected chi connectivity index (χ2v) is 3.74. The van der Waals surface area contributed by atoms with E-state index in [9.17, 15) is 0 Å². The summed E-state index contributed by atoms with van der Waals surface area (Å²) in [6.07, 6.45) is 5.21. The molecule has 0 fully saturated rings. The van der Waals surface area contributed by atoms with E-state index < -0.39 is 0 Å². The van der Waals surface area contributed by atoms with Crippen LogP contribution in [0.4, 0.5) is 0 Å². The first-order valence-corrected chi connectivity index (χ1v) is 5.20. The summed E-state index contributed by atoms with van der Waals surface area (Å²) in [6.45, 7) is 4.68. The van der Waals surface area contributed by atoms with Crippen molar-refractivity contribution in [1.29, 1.82) is 0 Å². The number of hydrogen-bond acceptors (Lipinski definition) is 3. The Morgan fingerprint density at radius 2 is 2.29 bits per heavy atom. The molecule has 0 aliphatic carbocycles. The van der Waals surface area contributed by atoms with E-state index in [0.717, 1.165) is 23.7 Å². The standard InChI is InChI=1S/C11H16O3/c1-3-4-5-8(2)10-11-9(6-12-10)13-7-14-11/h6,8H,3-5,7H2,1-2H3. The van der Waals surface area contributed by atoms with E-state index in [4.69, 9.17) is 13.9 Å². The fraction of sp³-hybridized carbons (Fsp3) is 0.636. The molecule has 1 unspecified atom stereocenters. The number of fused-ring (bicyclic) bond motifs is 1. The van der Waals surface area contributed by atoms with Crippen molar-refractivity contribution in [3.63, 3.8) is 0 Å². The quantitative estimate of drug-likeness (QED) is 0.740. The monoisotopic (exact) mass is 196 g/mol. The van der Waals surface area contributed by atoms with Gasteiger partial charge in [-0.2, -0.15) is 0 Å². The lowest BCUT2D eigenvalue weighted by molar-refractivity contribution is 0.163. The van der Waals surface area contributed by atoms with Crippen LogP contribution in [0.25, 0.3) is 0 Å². The molecule has 78 valence electrons. The highest BCUT2D eigenvalue weighted by Crippen LogP contribution is 2.42. The summed E-state index contributed by atoms with van der Waals surface area (Å²) in [5.74, 6) is 2.92. The van der Waals surface area contributed by atoms with E-state index in [1.54, 1.807) is 6.26 Å². The van der Waals surface area contributed by atoms with Gasteiger partial charge in [0.25, 0.3) is 0 Å². The van der Waals surface area contributed by atoms with Crippen molar-refractivity contribution in [2.45, 2.75) is 39.0 Å². The molecule has 0 spiro atoms. The van der Waals surface area contributed by atoms with E-state index in [0.29, 0.717) is 12.7 Å². The van der Waals surface area contributed by atoms with Crippen molar-refractivity contribution < 1.29 is 13.9 Å². The first-order valence-electron chi connectivity index (χ1n) is 5.20. The van der Waals surface area contributed by atoms with Gasteiger partial charge >= 0.3 is 0 Å². The maximum atomic E-state index is 5.45. The Balaban J connectivity index is 2.08. The number of unbranched alkanes of at least 4 members (excludes halogenated alkanes) is 1. The van der Waals surface area contributed by atoms with Crippen LogP contribution < -0.4 is 9.47 Å². The summed E-state index contributed by atoms with van der Waals surface area (Å²) in [7, 11) is 0. The van der Waals surface area contributed by atoms with Gasteiger partial charge in [0, 0.05) is 5.92 Å². The van der Waals surface area contributed by atoms with Crippen LogP contribution in [-0.4, -0.2) is 6.79 Å². The molecule has 0 radical (unpaired) electrons. The largest absolute Gasteiger partial charge is 0.461 e. The molecule has 1 aromatic heterocycles. The molecule has 3 heteroatoms. The van der Waals surface area contributed by atoms with Gasteiger partial charge in [-0.15, -0.1) is 0 Å². The highest BCUT2D eigenvalue weighted by Gasteiger charge is 2.25. The Morgan fingerprint density at radius 3 is 3.07 bits per heavy atom. The van der Waals surface area contributed by atoms with Crippen LogP contribution in [0.15, 0.2) is 10.7 Å². The van der Waals surface area contributed by atoms with Gasteiger partial charge in [-0.1, -0.05) is 26.7 Å². The molecule has 0 bridgehead atoms. The molecule has 2 heterocycles. The van der Waals surface area contributed by atoms with Crippen LogP contribution >= 0.6 is 0 Å². The van der Waals surface area contributed by atoms with Crippen molar-refractivity contribution in [3.8, 4) is 11.5 Å². The molecule has 14 heavy (non-hydrogen) atoms. The topological polar surface area (TPSA) is 31.6 Å². The first kappa shape index (κ1) is 9.44. The Morgan fingerprint density at radius 1 is 1.43 bits per heavy atom. The SMILES string of the molecule is CCCCC(C)c1occ2c1OCO2. The molecular weight excluding hydrogens is 180 g/mol. The number of rotatable bonds is 4. The fourth-order valence-electron chi connectivity index (χ4n) is 1.72. The summed E-state index contributed by atoms with van der Waals surface area (Å²) in [6, 6.07) is 0. The zero-order chi connectivity index (χ0) is 9.97. The first-order chi connectivity index (χ1) is 6.83. The third-order valence-electron chi connectivity index (χ3n) is 2.60. The Labute approximate surface area is 84.0 Å². The van der Waals surface area contributed by atoms with Gasteiger partial charge in [-0.25, -0.2) is 0 Å². The normalized spacial score (nSPS) is 15.9. The summed E-state index contributed by atoms with van der Waals surface area (Å²) in [5.41, 5.74) is 0. The maximum Gasteiger partial charge on any atom is 0.231 e. The third kappa shape index (κ3) is 1.59. The lowest BCUT2D eigenvalue weighted by Crippen LogP contribution is -1.98. The van der Waals surface area contributed by atoms with Crippen LogP contribution in [0.5, 0.6) is 11.5 Å². The van der Waals surface area contributed by atoms with Gasteiger partial charge < -0.3 is 13.9 Å². The summed E-state index contributed by atoms with van der Waals surface area (Å²) in [4.78, 5) is 0. The summed E-state index contributed by atoms with van der Waals surface area (Å²) in [5, 5.41) is 0. The molecule has 0 aromatic carbocycles. The van der Waals surface area contributed by atoms with Crippen LogP contribution in [-0.2, 0) is 0 Å².